The van der Waals surface area contributed by atoms with Crippen molar-refractivity contribution in [3.8, 4) is 5.75 Å². The Labute approximate surface area is 261 Å². The van der Waals surface area contributed by atoms with Gasteiger partial charge in [-0.2, -0.15) is 0 Å². The van der Waals surface area contributed by atoms with Crippen molar-refractivity contribution in [2.45, 2.75) is 69.2 Å². The molecular formula is C35H35ClN4O2S. The Hall–Kier alpha value is -3.81. The normalized spacial score (nSPS) is 12.3. The van der Waals surface area contributed by atoms with Crippen molar-refractivity contribution in [3.63, 3.8) is 0 Å². The van der Waals surface area contributed by atoms with E-state index in [2.05, 4.69) is 91.8 Å². The summed E-state index contributed by atoms with van der Waals surface area (Å²) in [5.74, 6) is 1.43. The maximum atomic E-state index is 6.35. The van der Waals surface area contributed by atoms with E-state index < -0.39 is 0 Å². The SMILES string of the molecule is CC(C)(C)Sc1c(CC(C)(C)c2nnco2)n(Cc2ccc(Cl)cc2)c2ccc(OCc3ccc4ccccc4n3)cc12. The van der Waals surface area contributed by atoms with Crippen LogP contribution in [-0.4, -0.2) is 24.5 Å². The van der Waals surface area contributed by atoms with Gasteiger partial charge in [-0.15, -0.1) is 22.0 Å². The van der Waals surface area contributed by atoms with Crippen LogP contribution in [0.15, 0.2) is 94.6 Å². The van der Waals surface area contributed by atoms with Gasteiger partial charge >= 0.3 is 0 Å². The van der Waals surface area contributed by atoms with E-state index in [-0.39, 0.29) is 10.2 Å². The van der Waals surface area contributed by atoms with Crippen LogP contribution >= 0.6 is 23.4 Å². The molecule has 0 spiro atoms. The van der Waals surface area contributed by atoms with E-state index in [1.165, 1.54) is 22.5 Å². The first-order chi connectivity index (χ1) is 20.6. The summed E-state index contributed by atoms with van der Waals surface area (Å²) >= 11 is 8.11. The van der Waals surface area contributed by atoms with Gasteiger partial charge in [-0.05, 0) is 48.0 Å². The molecular weight excluding hydrogens is 576 g/mol. The van der Waals surface area contributed by atoms with Gasteiger partial charge in [0.15, 0.2) is 0 Å². The van der Waals surface area contributed by atoms with Crippen LogP contribution in [0.5, 0.6) is 5.75 Å². The molecule has 0 aliphatic rings. The number of aromatic nitrogens is 4. The molecule has 6 aromatic rings. The molecule has 220 valence electrons. The molecule has 6 rings (SSSR count). The smallest absolute Gasteiger partial charge is 0.222 e. The number of thioether (sulfide) groups is 1. The molecule has 8 heteroatoms. The van der Waals surface area contributed by atoms with E-state index in [1.807, 2.05) is 48.2 Å². The molecule has 0 bridgehead atoms. The fourth-order valence-corrected chi connectivity index (χ4v) is 6.61. The number of fused-ring (bicyclic) bond motifs is 2. The van der Waals surface area contributed by atoms with Crippen molar-refractivity contribution in [3.05, 3.63) is 113 Å². The van der Waals surface area contributed by atoms with Gasteiger partial charge in [0.05, 0.1) is 11.2 Å². The standard InChI is InChI=1S/C35H35ClN4O2S/c1-34(2,3)43-32-28-18-27(41-21-26-15-12-24-8-6-7-9-29(24)38-26)16-17-30(28)40(20-23-10-13-25(36)14-11-23)31(32)19-35(4,5)33-39-37-22-42-33/h6-18,22H,19-21H2,1-5H3. The molecule has 0 amide bonds. The number of hydrogen-bond acceptors (Lipinski definition) is 6. The Kier molecular flexibility index (Phi) is 7.96. The first-order valence-corrected chi connectivity index (χ1v) is 15.6. The first-order valence-electron chi connectivity index (χ1n) is 14.4. The van der Waals surface area contributed by atoms with Crippen LogP contribution in [0, 0.1) is 0 Å². The summed E-state index contributed by atoms with van der Waals surface area (Å²) in [5, 5.41) is 11.3. The van der Waals surface area contributed by atoms with Crippen molar-refractivity contribution in [2.75, 3.05) is 0 Å². The third kappa shape index (κ3) is 6.58. The van der Waals surface area contributed by atoms with E-state index >= 15 is 0 Å². The van der Waals surface area contributed by atoms with Gasteiger partial charge in [-0.3, -0.25) is 0 Å². The van der Waals surface area contributed by atoms with Gasteiger partial charge in [0, 0.05) is 55.0 Å². The molecule has 3 aromatic heterocycles. The number of halogens is 1. The molecule has 0 N–H and O–H groups in total. The minimum atomic E-state index is -0.378. The molecule has 0 saturated heterocycles. The molecule has 3 heterocycles. The zero-order valence-electron chi connectivity index (χ0n) is 25.1. The van der Waals surface area contributed by atoms with Crippen LogP contribution in [0.1, 0.15) is 57.5 Å². The molecule has 43 heavy (non-hydrogen) atoms. The number of rotatable bonds is 9. The van der Waals surface area contributed by atoms with Crippen molar-refractivity contribution in [2.24, 2.45) is 0 Å². The average Bonchev–Trinajstić information content (AvgIpc) is 3.61. The third-order valence-corrected chi connectivity index (χ3v) is 8.87. The van der Waals surface area contributed by atoms with Crippen LogP contribution in [0.2, 0.25) is 5.02 Å². The Balaban J connectivity index is 1.43. The maximum absolute atomic E-state index is 6.35. The second-order valence-electron chi connectivity index (χ2n) is 12.5. The highest BCUT2D eigenvalue weighted by atomic mass is 35.5. The van der Waals surface area contributed by atoms with E-state index in [9.17, 15) is 0 Å². The summed E-state index contributed by atoms with van der Waals surface area (Å²) in [6.07, 6.45) is 2.12. The quantitative estimate of drug-likeness (QED) is 0.152. The number of pyridine rings is 1. The highest BCUT2D eigenvalue weighted by Crippen LogP contribution is 2.44. The van der Waals surface area contributed by atoms with Crippen molar-refractivity contribution in [1.29, 1.82) is 0 Å². The van der Waals surface area contributed by atoms with Crippen molar-refractivity contribution >= 4 is 45.2 Å². The molecule has 0 aliphatic heterocycles. The number of hydrogen-bond donors (Lipinski definition) is 0. The maximum Gasteiger partial charge on any atom is 0.222 e. The van der Waals surface area contributed by atoms with Gasteiger partial charge in [0.2, 0.25) is 12.3 Å². The van der Waals surface area contributed by atoms with Gasteiger partial charge in [0.25, 0.3) is 0 Å². The summed E-state index contributed by atoms with van der Waals surface area (Å²) in [6.45, 7) is 12.1. The summed E-state index contributed by atoms with van der Waals surface area (Å²) in [5.41, 5.74) is 5.03. The molecule has 6 nitrogen and oxygen atoms in total. The van der Waals surface area contributed by atoms with Crippen LogP contribution in [0.4, 0.5) is 0 Å². The van der Waals surface area contributed by atoms with Gasteiger partial charge in [0.1, 0.15) is 12.4 Å². The summed E-state index contributed by atoms with van der Waals surface area (Å²) in [7, 11) is 0. The zero-order valence-corrected chi connectivity index (χ0v) is 26.7. The summed E-state index contributed by atoms with van der Waals surface area (Å²) in [6, 6.07) is 26.7. The van der Waals surface area contributed by atoms with Crippen LogP contribution in [0.3, 0.4) is 0 Å². The molecule has 0 saturated carbocycles. The molecule has 0 atom stereocenters. The van der Waals surface area contributed by atoms with Gasteiger partial charge in [-0.25, -0.2) is 4.98 Å². The number of benzene rings is 3. The minimum Gasteiger partial charge on any atom is -0.487 e. The highest BCUT2D eigenvalue weighted by Gasteiger charge is 2.32. The molecule has 0 aliphatic carbocycles. The van der Waals surface area contributed by atoms with E-state index in [1.54, 1.807) is 0 Å². The molecule has 0 unspecified atom stereocenters. The summed E-state index contributed by atoms with van der Waals surface area (Å²) < 4.78 is 14.4. The monoisotopic (exact) mass is 610 g/mol. The van der Waals surface area contributed by atoms with Crippen molar-refractivity contribution in [1.82, 2.24) is 19.7 Å². The number of ether oxygens (including phenoxy) is 1. The minimum absolute atomic E-state index is 0.0192. The van der Waals surface area contributed by atoms with E-state index in [0.29, 0.717) is 25.5 Å². The highest BCUT2D eigenvalue weighted by molar-refractivity contribution is 8.00. The van der Waals surface area contributed by atoms with E-state index in [4.69, 9.17) is 25.7 Å². The fraction of sp³-hybridized carbons (Fsp3) is 0.286. The first kappa shape index (κ1) is 29.3. The Morgan fingerprint density at radius 3 is 2.47 bits per heavy atom. The van der Waals surface area contributed by atoms with Crippen LogP contribution in [0.25, 0.3) is 21.8 Å². The third-order valence-electron chi connectivity index (χ3n) is 7.34. The van der Waals surface area contributed by atoms with Crippen LogP contribution in [-0.2, 0) is 25.0 Å². The Morgan fingerprint density at radius 2 is 1.72 bits per heavy atom. The van der Waals surface area contributed by atoms with E-state index in [0.717, 1.165) is 38.3 Å². The van der Waals surface area contributed by atoms with Gasteiger partial charge in [-0.1, -0.05) is 82.6 Å². The topological polar surface area (TPSA) is 66.0 Å². The van der Waals surface area contributed by atoms with Gasteiger partial charge < -0.3 is 13.7 Å². The second kappa shape index (κ2) is 11.7. The Morgan fingerprint density at radius 1 is 0.930 bits per heavy atom. The predicted octanol–water partition coefficient (Wildman–Crippen LogP) is 9.26. The van der Waals surface area contributed by atoms with Crippen LogP contribution < -0.4 is 4.74 Å². The lowest BCUT2D eigenvalue weighted by molar-refractivity contribution is 0.302. The zero-order chi connectivity index (χ0) is 30.2. The lowest BCUT2D eigenvalue weighted by Crippen LogP contribution is -2.24. The lowest BCUT2D eigenvalue weighted by Gasteiger charge is -2.24. The molecule has 3 aromatic carbocycles. The predicted molar refractivity (Wildman–Crippen MR) is 175 cm³/mol. The second-order valence-corrected chi connectivity index (χ2v) is 14.7. The molecule has 0 radical (unpaired) electrons. The number of para-hydroxylation sites is 1. The number of nitrogens with zero attached hydrogens (tertiary/aromatic N) is 4. The fourth-order valence-electron chi connectivity index (χ4n) is 5.30. The lowest BCUT2D eigenvalue weighted by atomic mass is 9.87. The Bertz CT molecular complexity index is 1870. The summed E-state index contributed by atoms with van der Waals surface area (Å²) in [4.78, 5) is 6.03. The van der Waals surface area contributed by atoms with Crippen molar-refractivity contribution < 1.29 is 9.15 Å². The average molecular weight is 611 g/mol. The molecule has 0 fully saturated rings. The largest absolute Gasteiger partial charge is 0.487 e.